The van der Waals surface area contributed by atoms with Crippen molar-refractivity contribution in [3.05, 3.63) is 95.2 Å². The van der Waals surface area contributed by atoms with Crippen molar-refractivity contribution >= 4 is 5.82 Å². The average molecular weight is 370 g/mol. The molecular weight excluding hydrogens is 342 g/mol. The molecule has 1 fully saturated rings. The van der Waals surface area contributed by atoms with E-state index in [9.17, 15) is 0 Å². The van der Waals surface area contributed by atoms with Crippen molar-refractivity contribution in [3.63, 3.8) is 0 Å². The highest BCUT2D eigenvalue weighted by Gasteiger charge is 2.33. The molecule has 2 aliphatic rings. The Hall–Kier alpha value is -2.65. The Balaban J connectivity index is 1.33. The molecule has 1 aromatic heterocycles. The third kappa shape index (κ3) is 3.55. The maximum atomic E-state index is 4.82. The van der Waals surface area contributed by atoms with Gasteiger partial charge in [-0.1, -0.05) is 60.7 Å². The van der Waals surface area contributed by atoms with Crippen LogP contribution in [0.3, 0.4) is 0 Å². The van der Waals surface area contributed by atoms with Gasteiger partial charge in [0, 0.05) is 38.4 Å². The number of fused-ring (bicyclic) bond motifs is 3. The van der Waals surface area contributed by atoms with Crippen molar-refractivity contribution in [1.29, 1.82) is 0 Å². The minimum absolute atomic E-state index is 0.587. The van der Waals surface area contributed by atoms with Gasteiger partial charge in [-0.2, -0.15) is 0 Å². The Morgan fingerprint density at radius 1 is 0.857 bits per heavy atom. The maximum absolute atomic E-state index is 4.82. The molecule has 0 bridgehead atoms. The Morgan fingerprint density at radius 3 is 2.39 bits per heavy atom. The van der Waals surface area contributed by atoms with Gasteiger partial charge in [0.05, 0.1) is 0 Å². The summed E-state index contributed by atoms with van der Waals surface area (Å²) in [6.45, 7) is 4.38. The van der Waals surface area contributed by atoms with E-state index in [0.717, 1.165) is 39.0 Å². The smallest absolute Gasteiger partial charge is 0.132 e. The molecule has 0 N–H and O–H groups in total. The van der Waals surface area contributed by atoms with Crippen LogP contribution in [0.25, 0.3) is 0 Å². The lowest BCUT2D eigenvalue weighted by Gasteiger charge is -2.45. The summed E-state index contributed by atoms with van der Waals surface area (Å²) in [6.07, 6.45) is 5.39. The largest absolute Gasteiger partial charge is 0.351 e. The van der Waals surface area contributed by atoms with Gasteiger partial charge in [0.2, 0.25) is 0 Å². The topological polar surface area (TPSA) is 19.4 Å². The summed E-state index contributed by atoms with van der Waals surface area (Å²) in [4.78, 5) is 10.0. The third-order valence-corrected chi connectivity index (χ3v) is 6.18. The normalized spacial score (nSPS) is 19.1. The second-order valence-corrected chi connectivity index (χ2v) is 8.04. The molecule has 2 aromatic carbocycles. The lowest BCUT2D eigenvalue weighted by molar-refractivity contribution is 0.206. The van der Waals surface area contributed by atoms with Crippen LogP contribution in [0.4, 0.5) is 5.82 Å². The van der Waals surface area contributed by atoms with Crippen LogP contribution in [0.15, 0.2) is 72.9 Å². The molecule has 0 unspecified atom stereocenters. The van der Waals surface area contributed by atoms with E-state index in [1.165, 1.54) is 34.5 Å². The Bertz CT molecular complexity index is 923. The first-order valence-corrected chi connectivity index (χ1v) is 10.4. The van der Waals surface area contributed by atoms with Crippen molar-refractivity contribution in [1.82, 2.24) is 9.88 Å². The third-order valence-electron chi connectivity index (χ3n) is 6.18. The predicted molar refractivity (Wildman–Crippen MR) is 115 cm³/mol. The number of nitrogens with zero attached hydrogens (tertiary/aromatic N) is 3. The highest BCUT2D eigenvalue weighted by Crippen LogP contribution is 2.34. The molecule has 142 valence electrons. The van der Waals surface area contributed by atoms with Gasteiger partial charge in [-0.3, -0.25) is 4.90 Å². The molecule has 0 aliphatic carbocycles. The zero-order valence-corrected chi connectivity index (χ0v) is 16.3. The van der Waals surface area contributed by atoms with Crippen molar-refractivity contribution < 1.29 is 0 Å². The second-order valence-electron chi connectivity index (χ2n) is 8.04. The van der Waals surface area contributed by atoms with Crippen LogP contribution in [0.1, 0.15) is 28.7 Å². The average Bonchev–Trinajstić information content (AvgIpc) is 2.75. The first kappa shape index (κ1) is 17.4. The number of pyridine rings is 1. The number of anilines is 1. The number of aromatic nitrogens is 1. The van der Waals surface area contributed by atoms with Crippen LogP contribution in [0, 0.1) is 0 Å². The number of hydrogen-bond donors (Lipinski definition) is 0. The van der Waals surface area contributed by atoms with Crippen LogP contribution in [0.2, 0.25) is 0 Å². The molecule has 3 heteroatoms. The fourth-order valence-electron chi connectivity index (χ4n) is 4.76. The van der Waals surface area contributed by atoms with Gasteiger partial charge in [0.25, 0.3) is 0 Å². The first-order valence-electron chi connectivity index (χ1n) is 10.4. The molecule has 0 saturated carbocycles. The van der Waals surface area contributed by atoms with Crippen LogP contribution >= 0.6 is 0 Å². The van der Waals surface area contributed by atoms with Crippen molar-refractivity contribution in [2.75, 3.05) is 24.5 Å². The summed E-state index contributed by atoms with van der Waals surface area (Å²) < 4.78 is 0. The van der Waals surface area contributed by atoms with Crippen LogP contribution in [0.5, 0.6) is 0 Å². The zero-order valence-electron chi connectivity index (χ0n) is 16.3. The Kier molecular flexibility index (Phi) is 4.84. The van der Waals surface area contributed by atoms with Gasteiger partial charge in [0.15, 0.2) is 0 Å². The molecule has 3 aromatic rings. The summed E-state index contributed by atoms with van der Waals surface area (Å²) in [5, 5.41) is 0. The van der Waals surface area contributed by atoms with Gasteiger partial charge < -0.3 is 4.90 Å². The van der Waals surface area contributed by atoms with E-state index in [0.29, 0.717) is 6.04 Å². The van der Waals surface area contributed by atoms with Crippen LogP contribution in [-0.2, 0) is 19.4 Å². The van der Waals surface area contributed by atoms with E-state index < -0.39 is 0 Å². The molecule has 2 aliphatic heterocycles. The van der Waals surface area contributed by atoms with Gasteiger partial charge in [-0.25, -0.2) is 4.98 Å². The van der Waals surface area contributed by atoms with Crippen LogP contribution in [-0.4, -0.2) is 35.6 Å². The lowest BCUT2D eigenvalue weighted by Crippen LogP contribution is -2.55. The summed E-state index contributed by atoms with van der Waals surface area (Å²) in [5.41, 5.74) is 5.71. The quantitative estimate of drug-likeness (QED) is 0.683. The highest BCUT2D eigenvalue weighted by atomic mass is 15.3. The fraction of sp³-hybridized carbons (Fsp3) is 0.320. The molecule has 1 saturated heterocycles. The van der Waals surface area contributed by atoms with E-state index in [2.05, 4.69) is 76.5 Å². The van der Waals surface area contributed by atoms with Crippen LogP contribution < -0.4 is 4.90 Å². The van der Waals surface area contributed by atoms with Crippen molar-refractivity contribution in [2.45, 2.75) is 31.8 Å². The number of rotatable bonds is 4. The molecule has 3 heterocycles. The molecule has 3 nitrogen and oxygen atoms in total. The summed E-state index contributed by atoms with van der Waals surface area (Å²) in [6, 6.07) is 24.4. The van der Waals surface area contributed by atoms with Crippen molar-refractivity contribution in [3.8, 4) is 0 Å². The van der Waals surface area contributed by atoms with E-state index in [4.69, 9.17) is 4.98 Å². The van der Waals surface area contributed by atoms with E-state index in [-0.39, 0.29) is 0 Å². The number of hydrogen-bond acceptors (Lipinski definition) is 3. The van der Waals surface area contributed by atoms with Gasteiger partial charge in [-0.05, 0) is 47.6 Å². The monoisotopic (exact) mass is 369 g/mol. The molecular formula is C25H27N3. The number of benzene rings is 2. The molecule has 5 rings (SSSR count). The van der Waals surface area contributed by atoms with Crippen molar-refractivity contribution in [2.24, 2.45) is 0 Å². The van der Waals surface area contributed by atoms with E-state index in [1.807, 2.05) is 6.20 Å². The minimum Gasteiger partial charge on any atom is -0.351 e. The fourth-order valence-corrected chi connectivity index (χ4v) is 4.76. The molecule has 0 amide bonds. The first-order chi connectivity index (χ1) is 13.9. The molecule has 0 radical (unpaired) electrons. The van der Waals surface area contributed by atoms with E-state index in [1.54, 1.807) is 0 Å². The summed E-state index contributed by atoms with van der Waals surface area (Å²) in [5.74, 6) is 1.24. The molecule has 28 heavy (non-hydrogen) atoms. The predicted octanol–water partition coefficient (Wildman–Crippen LogP) is 4.31. The van der Waals surface area contributed by atoms with E-state index >= 15 is 0 Å². The standard InChI is InChI=1S/C25H27N3/c1-3-7-20(8-4-1)17-22-13-14-26-25-24(22)12-11-23-19-27(15-16-28(23)25)18-21-9-5-2-6-10-21/h1-10,13-14,23H,11-12,15-19H2/t23-/m1/s1. The second kappa shape index (κ2) is 7.76. The summed E-state index contributed by atoms with van der Waals surface area (Å²) in [7, 11) is 0. The van der Waals surface area contributed by atoms with Gasteiger partial charge in [0.1, 0.15) is 5.82 Å². The lowest BCUT2D eigenvalue weighted by atomic mass is 9.91. The molecule has 0 spiro atoms. The SMILES string of the molecule is c1ccc(Cc2ccnc3c2CC[C@@H]2CN(Cc4ccccc4)CCN32)cc1. The zero-order chi connectivity index (χ0) is 18.8. The molecule has 1 atom stereocenters. The van der Waals surface area contributed by atoms with Gasteiger partial charge in [-0.15, -0.1) is 0 Å². The Labute approximate surface area is 167 Å². The van der Waals surface area contributed by atoms with Gasteiger partial charge >= 0.3 is 0 Å². The summed E-state index contributed by atoms with van der Waals surface area (Å²) >= 11 is 0. The maximum Gasteiger partial charge on any atom is 0.132 e. The highest BCUT2D eigenvalue weighted by molar-refractivity contribution is 5.55. The Morgan fingerprint density at radius 2 is 1.61 bits per heavy atom. The number of piperazine rings is 1. The minimum atomic E-state index is 0.587.